The molecule has 102 valence electrons. The highest BCUT2D eigenvalue weighted by Gasteiger charge is 2.17. The number of hydrogen-bond acceptors (Lipinski definition) is 2. The lowest BCUT2D eigenvalue weighted by Crippen LogP contribution is -2.22. The molecule has 2 aromatic rings. The average Bonchev–Trinajstić information content (AvgIpc) is 2.73. The number of nitrogen functional groups attached to an aromatic ring is 1. The molecule has 3 heteroatoms. The van der Waals surface area contributed by atoms with Crippen LogP contribution in [-0.2, 0) is 12.0 Å². The molecular weight excluding hydrogens is 234 g/mol. The zero-order valence-corrected chi connectivity index (χ0v) is 12.3. The molecule has 1 aromatic carbocycles. The Bertz CT molecular complexity index is 544. The summed E-state index contributed by atoms with van der Waals surface area (Å²) in [6.45, 7) is 8.55. The Morgan fingerprint density at radius 1 is 1.16 bits per heavy atom. The molecule has 0 spiro atoms. The van der Waals surface area contributed by atoms with Gasteiger partial charge in [0, 0.05) is 11.8 Å². The van der Waals surface area contributed by atoms with Crippen molar-refractivity contribution in [3.05, 3.63) is 36.0 Å². The van der Waals surface area contributed by atoms with E-state index in [0.29, 0.717) is 0 Å². The Hall–Kier alpha value is -1.77. The predicted molar refractivity (Wildman–Crippen MR) is 81.1 cm³/mol. The number of anilines is 1. The van der Waals surface area contributed by atoms with Gasteiger partial charge in [0.1, 0.15) is 5.69 Å². The Balaban J connectivity index is 2.34. The number of rotatable bonds is 3. The zero-order chi connectivity index (χ0) is 14.0. The number of aryl methyl sites for hydroxylation is 1. The van der Waals surface area contributed by atoms with Gasteiger partial charge in [-0.25, -0.2) is 0 Å². The Morgan fingerprint density at radius 2 is 1.79 bits per heavy atom. The topological polar surface area (TPSA) is 43.8 Å². The van der Waals surface area contributed by atoms with Crippen molar-refractivity contribution in [3.8, 4) is 11.3 Å². The molecule has 19 heavy (non-hydrogen) atoms. The van der Waals surface area contributed by atoms with Crippen LogP contribution < -0.4 is 5.73 Å². The number of nitrogens with zero attached hydrogens (tertiary/aromatic N) is 2. The third kappa shape index (κ3) is 2.98. The molecule has 0 fully saturated rings. The lowest BCUT2D eigenvalue weighted by Gasteiger charge is -2.18. The quantitative estimate of drug-likeness (QED) is 0.908. The molecule has 0 atom stereocenters. The standard InChI is InChI=1S/C16H23N3/c1-5-6-12-7-9-13(10-8-12)15-14(17)11-19(18-15)16(2,3)4/h7-11H,5-6,17H2,1-4H3. The second-order valence-electron chi connectivity index (χ2n) is 6.00. The molecule has 0 bridgehead atoms. The number of nitrogens with two attached hydrogens (primary N) is 1. The molecule has 0 unspecified atom stereocenters. The van der Waals surface area contributed by atoms with Crippen LogP contribution in [0, 0.1) is 0 Å². The van der Waals surface area contributed by atoms with Crippen LogP contribution in [0.5, 0.6) is 0 Å². The summed E-state index contributed by atoms with van der Waals surface area (Å²) in [6.07, 6.45) is 4.20. The van der Waals surface area contributed by atoms with Crippen LogP contribution in [-0.4, -0.2) is 9.78 Å². The molecule has 1 aromatic heterocycles. The van der Waals surface area contributed by atoms with Crippen LogP contribution in [0.1, 0.15) is 39.7 Å². The van der Waals surface area contributed by atoms with Crippen molar-refractivity contribution >= 4 is 5.69 Å². The van der Waals surface area contributed by atoms with Gasteiger partial charge < -0.3 is 5.73 Å². The van der Waals surface area contributed by atoms with E-state index < -0.39 is 0 Å². The van der Waals surface area contributed by atoms with E-state index in [1.54, 1.807) is 0 Å². The molecule has 2 N–H and O–H groups in total. The Kier molecular flexibility index (Phi) is 3.65. The summed E-state index contributed by atoms with van der Waals surface area (Å²) in [5.74, 6) is 0. The monoisotopic (exact) mass is 257 g/mol. The lowest BCUT2D eigenvalue weighted by atomic mass is 10.1. The second-order valence-corrected chi connectivity index (χ2v) is 6.00. The van der Waals surface area contributed by atoms with E-state index in [-0.39, 0.29) is 5.54 Å². The maximum atomic E-state index is 6.08. The van der Waals surface area contributed by atoms with Crippen molar-refractivity contribution in [2.45, 2.75) is 46.1 Å². The van der Waals surface area contributed by atoms with Crippen LogP contribution in [0.4, 0.5) is 5.69 Å². The highest BCUT2D eigenvalue weighted by atomic mass is 15.3. The van der Waals surface area contributed by atoms with E-state index >= 15 is 0 Å². The maximum Gasteiger partial charge on any atom is 0.115 e. The summed E-state index contributed by atoms with van der Waals surface area (Å²) in [5.41, 5.74) is 10.1. The average molecular weight is 257 g/mol. The van der Waals surface area contributed by atoms with E-state index in [4.69, 9.17) is 5.73 Å². The molecule has 0 radical (unpaired) electrons. The molecule has 0 amide bonds. The van der Waals surface area contributed by atoms with Gasteiger partial charge in [0.15, 0.2) is 0 Å². The smallest absolute Gasteiger partial charge is 0.115 e. The van der Waals surface area contributed by atoms with Crippen LogP contribution in [0.15, 0.2) is 30.5 Å². The van der Waals surface area contributed by atoms with Gasteiger partial charge in [-0.05, 0) is 32.8 Å². The van der Waals surface area contributed by atoms with Gasteiger partial charge in [-0.15, -0.1) is 0 Å². The SMILES string of the molecule is CCCc1ccc(-c2nn(C(C)(C)C)cc2N)cc1. The van der Waals surface area contributed by atoms with E-state index in [1.807, 2.05) is 10.9 Å². The summed E-state index contributed by atoms with van der Waals surface area (Å²) < 4.78 is 1.93. The van der Waals surface area contributed by atoms with Crippen molar-refractivity contribution in [2.75, 3.05) is 5.73 Å². The molecule has 0 aliphatic carbocycles. The maximum absolute atomic E-state index is 6.08. The van der Waals surface area contributed by atoms with Gasteiger partial charge in [-0.2, -0.15) is 5.10 Å². The normalized spacial score (nSPS) is 11.8. The minimum absolute atomic E-state index is 0.0471. The first-order valence-electron chi connectivity index (χ1n) is 6.86. The van der Waals surface area contributed by atoms with Gasteiger partial charge >= 0.3 is 0 Å². The van der Waals surface area contributed by atoms with E-state index in [1.165, 1.54) is 12.0 Å². The summed E-state index contributed by atoms with van der Waals surface area (Å²) in [7, 11) is 0. The molecule has 0 saturated carbocycles. The summed E-state index contributed by atoms with van der Waals surface area (Å²) >= 11 is 0. The summed E-state index contributed by atoms with van der Waals surface area (Å²) in [5, 5.41) is 4.62. The van der Waals surface area contributed by atoms with Crippen LogP contribution in [0.3, 0.4) is 0 Å². The fraction of sp³-hybridized carbons (Fsp3) is 0.438. The fourth-order valence-electron chi connectivity index (χ4n) is 2.07. The Labute approximate surface area is 115 Å². The van der Waals surface area contributed by atoms with Crippen molar-refractivity contribution in [2.24, 2.45) is 0 Å². The van der Waals surface area contributed by atoms with E-state index in [2.05, 4.69) is 57.1 Å². The molecule has 0 saturated heterocycles. The molecule has 3 nitrogen and oxygen atoms in total. The van der Waals surface area contributed by atoms with Gasteiger partial charge in [0.25, 0.3) is 0 Å². The van der Waals surface area contributed by atoms with Gasteiger partial charge in [-0.3, -0.25) is 4.68 Å². The molecule has 2 rings (SSSR count). The van der Waals surface area contributed by atoms with Crippen LogP contribution in [0.25, 0.3) is 11.3 Å². The largest absolute Gasteiger partial charge is 0.396 e. The van der Waals surface area contributed by atoms with E-state index in [9.17, 15) is 0 Å². The first-order valence-corrected chi connectivity index (χ1v) is 6.86. The third-order valence-corrected chi connectivity index (χ3v) is 3.20. The highest BCUT2D eigenvalue weighted by molar-refractivity contribution is 5.72. The molecule has 1 heterocycles. The highest BCUT2D eigenvalue weighted by Crippen LogP contribution is 2.27. The molecule has 0 aliphatic heterocycles. The van der Waals surface area contributed by atoms with Crippen molar-refractivity contribution in [1.82, 2.24) is 9.78 Å². The summed E-state index contributed by atoms with van der Waals surface area (Å²) in [6, 6.07) is 8.54. The number of aromatic nitrogens is 2. The van der Waals surface area contributed by atoms with Crippen LogP contribution in [0.2, 0.25) is 0 Å². The Morgan fingerprint density at radius 3 is 2.26 bits per heavy atom. The van der Waals surface area contributed by atoms with Gasteiger partial charge in [-0.1, -0.05) is 37.6 Å². The first-order chi connectivity index (χ1) is 8.91. The van der Waals surface area contributed by atoms with Gasteiger partial charge in [0.2, 0.25) is 0 Å². The minimum atomic E-state index is -0.0471. The lowest BCUT2D eigenvalue weighted by molar-refractivity contribution is 0.356. The molecular formula is C16H23N3. The molecule has 0 aliphatic rings. The number of benzene rings is 1. The predicted octanol–water partition coefficient (Wildman–Crippen LogP) is 3.84. The minimum Gasteiger partial charge on any atom is -0.396 e. The van der Waals surface area contributed by atoms with Crippen LogP contribution >= 0.6 is 0 Å². The number of hydrogen-bond donors (Lipinski definition) is 1. The fourth-order valence-corrected chi connectivity index (χ4v) is 2.07. The van der Waals surface area contributed by atoms with Crippen molar-refractivity contribution < 1.29 is 0 Å². The zero-order valence-electron chi connectivity index (χ0n) is 12.3. The van der Waals surface area contributed by atoms with Gasteiger partial charge in [0.05, 0.1) is 11.2 Å². The van der Waals surface area contributed by atoms with E-state index in [0.717, 1.165) is 23.4 Å². The van der Waals surface area contributed by atoms with Crippen molar-refractivity contribution in [3.63, 3.8) is 0 Å². The second kappa shape index (κ2) is 5.08. The third-order valence-electron chi connectivity index (χ3n) is 3.20. The first kappa shape index (κ1) is 13.7. The summed E-state index contributed by atoms with van der Waals surface area (Å²) in [4.78, 5) is 0. The van der Waals surface area contributed by atoms with Crippen molar-refractivity contribution in [1.29, 1.82) is 0 Å².